The molecule has 0 radical (unpaired) electrons. The predicted octanol–water partition coefficient (Wildman–Crippen LogP) is 2.09. The van der Waals surface area contributed by atoms with Gasteiger partial charge in [-0.25, -0.2) is 0 Å². The monoisotopic (exact) mass is 308 g/mol. The van der Waals surface area contributed by atoms with Gasteiger partial charge in [-0.3, -0.25) is 14.9 Å². The number of nitro benzene ring substituents is 1. The van der Waals surface area contributed by atoms with Gasteiger partial charge in [-0.15, -0.1) is 0 Å². The van der Waals surface area contributed by atoms with E-state index in [2.05, 4.69) is 19.2 Å². The Bertz CT molecular complexity index is 573. The van der Waals surface area contributed by atoms with Crippen molar-refractivity contribution in [1.82, 2.24) is 5.32 Å². The number of nitrogens with one attached hydrogen (secondary N) is 1. The summed E-state index contributed by atoms with van der Waals surface area (Å²) in [6.45, 7) is 5.35. The molecule has 0 aromatic heterocycles. The van der Waals surface area contributed by atoms with Crippen molar-refractivity contribution < 1.29 is 19.6 Å². The van der Waals surface area contributed by atoms with Crippen LogP contribution in [0.15, 0.2) is 18.2 Å². The second-order valence-corrected chi connectivity index (χ2v) is 5.80. The summed E-state index contributed by atoms with van der Waals surface area (Å²) >= 11 is 0. The molecule has 0 aliphatic carbocycles. The van der Waals surface area contributed by atoms with E-state index in [0.717, 1.165) is 18.6 Å². The second kappa shape index (κ2) is 6.74. The molecular formula is C15H20N2O5. The molecule has 2 N–H and O–H groups in total. The van der Waals surface area contributed by atoms with E-state index in [1.54, 1.807) is 0 Å². The fourth-order valence-corrected chi connectivity index (χ4v) is 2.76. The van der Waals surface area contributed by atoms with Crippen LogP contribution in [0.5, 0.6) is 5.75 Å². The van der Waals surface area contributed by atoms with E-state index in [4.69, 9.17) is 4.74 Å². The van der Waals surface area contributed by atoms with Gasteiger partial charge in [0.1, 0.15) is 0 Å². The lowest BCUT2D eigenvalue weighted by Gasteiger charge is -2.22. The van der Waals surface area contributed by atoms with Crippen molar-refractivity contribution in [2.24, 2.45) is 11.8 Å². The van der Waals surface area contributed by atoms with Crippen LogP contribution >= 0.6 is 0 Å². The number of phenols is 1. The van der Waals surface area contributed by atoms with Gasteiger partial charge < -0.3 is 15.2 Å². The lowest BCUT2D eigenvalue weighted by Crippen LogP contribution is -2.34. The number of carbonyl (C=O) groups is 1. The molecule has 1 aliphatic rings. The maximum Gasteiger partial charge on any atom is 0.310 e. The van der Waals surface area contributed by atoms with Crippen LogP contribution in [0.1, 0.15) is 30.6 Å². The maximum absolute atomic E-state index is 12.1. The third-order valence-electron chi connectivity index (χ3n) is 3.88. The van der Waals surface area contributed by atoms with Crippen LogP contribution < -0.4 is 5.32 Å². The minimum atomic E-state index is -0.694. The molecule has 1 aromatic rings. The largest absolute Gasteiger partial charge is 0.502 e. The van der Waals surface area contributed by atoms with Crippen molar-refractivity contribution in [3.63, 3.8) is 0 Å². The quantitative estimate of drug-likeness (QED) is 0.640. The molecule has 1 fully saturated rings. The van der Waals surface area contributed by atoms with Gasteiger partial charge in [0.15, 0.2) is 5.75 Å². The molecule has 0 bridgehead atoms. The van der Waals surface area contributed by atoms with Crippen molar-refractivity contribution in [3.05, 3.63) is 33.9 Å². The Morgan fingerprint density at radius 3 is 2.86 bits per heavy atom. The highest BCUT2D eigenvalue weighted by Crippen LogP contribution is 2.27. The Morgan fingerprint density at radius 2 is 2.27 bits per heavy atom. The lowest BCUT2D eigenvalue weighted by atomic mass is 9.93. The number of rotatable bonds is 5. The van der Waals surface area contributed by atoms with E-state index in [1.165, 1.54) is 6.07 Å². The lowest BCUT2D eigenvalue weighted by molar-refractivity contribution is -0.385. The SMILES string of the molecule is CC(C)[C@H]1OCC[C@@H]1CNC(=O)c1ccc([N+](=O)[O-])c(O)c1. The molecule has 0 unspecified atom stereocenters. The van der Waals surface area contributed by atoms with Crippen LogP contribution in [0.3, 0.4) is 0 Å². The summed E-state index contributed by atoms with van der Waals surface area (Å²) in [6, 6.07) is 3.57. The summed E-state index contributed by atoms with van der Waals surface area (Å²) in [4.78, 5) is 22.0. The van der Waals surface area contributed by atoms with E-state index >= 15 is 0 Å². The molecule has 1 aromatic carbocycles. The normalized spacial score (nSPS) is 21.0. The minimum absolute atomic E-state index is 0.130. The minimum Gasteiger partial charge on any atom is -0.502 e. The second-order valence-electron chi connectivity index (χ2n) is 5.80. The zero-order chi connectivity index (χ0) is 16.3. The molecule has 7 heteroatoms. The Labute approximate surface area is 128 Å². The molecule has 0 saturated carbocycles. The highest BCUT2D eigenvalue weighted by atomic mass is 16.6. The fraction of sp³-hybridized carbons (Fsp3) is 0.533. The smallest absolute Gasteiger partial charge is 0.310 e. The van der Waals surface area contributed by atoms with E-state index in [-0.39, 0.29) is 23.5 Å². The zero-order valence-electron chi connectivity index (χ0n) is 12.6. The highest BCUT2D eigenvalue weighted by molar-refractivity contribution is 5.95. The average molecular weight is 308 g/mol. The van der Waals surface area contributed by atoms with Crippen molar-refractivity contribution in [3.8, 4) is 5.75 Å². The van der Waals surface area contributed by atoms with Gasteiger partial charge in [0, 0.05) is 30.7 Å². The third kappa shape index (κ3) is 3.54. The molecule has 1 heterocycles. The summed E-state index contributed by atoms with van der Waals surface area (Å²) in [5.41, 5.74) is -0.219. The summed E-state index contributed by atoms with van der Waals surface area (Å²) in [5, 5.41) is 23.0. The topological polar surface area (TPSA) is 102 Å². The summed E-state index contributed by atoms with van der Waals surface area (Å²) < 4.78 is 5.66. The number of phenolic OH excluding ortho intramolecular Hbond substituents is 1. The number of hydrogen-bond donors (Lipinski definition) is 2. The van der Waals surface area contributed by atoms with Crippen LogP contribution in [0.2, 0.25) is 0 Å². The molecule has 22 heavy (non-hydrogen) atoms. The molecular weight excluding hydrogens is 288 g/mol. The predicted molar refractivity (Wildman–Crippen MR) is 79.8 cm³/mol. The molecule has 2 atom stereocenters. The Hall–Kier alpha value is -2.15. The standard InChI is InChI=1S/C15H20N2O5/c1-9(2)14-11(5-6-22-14)8-16-15(19)10-3-4-12(17(20)21)13(18)7-10/h3-4,7,9,11,14,18H,5-6,8H2,1-2H3,(H,16,19)/t11-,14-/m1/s1. The van der Waals surface area contributed by atoms with Gasteiger partial charge in [-0.05, 0) is 24.5 Å². The number of carbonyl (C=O) groups excluding carboxylic acids is 1. The molecule has 7 nitrogen and oxygen atoms in total. The number of ether oxygens (including phenoxy) is 1. The number of nitrogens with zero attached hydrogens (tertiary/aromatic N) is 1. The Kier molecular flexibility index (Phi) is 4.97. The average Bonchev–Trinajstić information content (AvgIpc) is 2.92. The first-order valence-electron chi connectivity index (χ1n) is 7.27. The van der Waals surface area contributed by atoms with Crippen LogP contribution in [0.25, 0.3) is 0 Å². The van der Waals surface area contributed by atoms with Gasteiger partial charge in [-0.2, -0.15) is 0 Å². The number of hydrogen-bond acceptors (Lipinski definition) is 5. The number of amides is 1. The van der Waals surface area contributed by atoms with Crippen LogP contribution in [0.4, 0.5) is 5.69 Å². The molecule has 1 amide bonds. The van der Waals surface area contributed by atoms with E-state index in [1.807, 2.05) is 0 Å². The van der Waals surface area contributed by atoms with Crippen molar-refractivity contribution in [2.75, 3.05) is 13.2 Å². The van der Waals surface area contributed by atoms with E-state index in [9.17, 15) is 20.0 Å². The molecule has 2 rings (SSSR count). The molecule has 1 saturated heterocycles. The first kappa shape index (κ1) is 16.2. The van der Waals surface area contributed by atoms with Gasteiger partial charge in [-0.1, -0.05) is 13.8 Å². The first-order valence-corrected chi connectivity index (χ1v) is 7.27. The van der Waals surface area contributed by atoms with Crippen molar-refractivity contribution >= 4 is 11.6 Å². The molecule has 1 aliphatic heterocycles. The Morgan fingerprint density at radius 1 is 1.55 bits per heavy atom. The van der Waals surface area contributed by atoms with Crippen LogP contribution in [0, 0.1) is 22.0 Å². The van der Waals surface area contributed by atoms with E-state index < -0.39 is 16.4 Å². The van der Waals surface area contributed by atoms with Gasteiger partial charge in [0.25, 0.3) is 5.91 Å². The van der Waals surface area contributed by atoms with Gasteiger partial charge in [0.05, 0.1) is 11.0 Å². The first-order chi connectivity index (χ1) is 10.4. The zero-order valence-corrected chi connectivity index (χ0v) is 12.6. The summed E-state index contributed by atoms with van der Waals surface area (Å²) in [7, 11) is 0. The van der Waals surface area contributed by atoms with Crippen LogP contribution in [-0.2, 0) is 4.74 Å². The highest BCUT2D eigenvalue weighted by Gasteiger charge is 2.30. The number of aromatic hydroxyl groups is 1. The van der Waals surface area contributed by atoms with Gasteiger partial charge in [0.2, 0.25) is 0 Å². The van der Waals surface area contributed by atoms with Gasteiger partial charge >= 0.3 is 5.69 Å². The fourth-order valence-electron chi connectivity index (χ4n) is 2.76. The third-order valence-corrected chi connectivity index (χ3v) is 3.88. The summed E-state index contributed by atoms with van der Waals surface area (Å²) in [6.07, 6.45) is 1.03. The molecule has 120 valence electrons. The Balaban J connectivity index is 1.98. The van der Waals surface area contributed by atoms with Crippen LogP contribution in [-0.4, -0.2) is 35.2 Å². The number of benzene rings is 1. The van der Waals surface area contributed by atoms with E-state index in [0.29, 0.717) is 19.1 Å². The maximum atomic E-state index is 12.1. The summed E-state index contributed by atoms with van der Waals surface area (Å²) in [5.74, 6) is -0.232. The molecule has 0 spiro atoms. The number of nitro groups is 1. The van der Waals surface area contributed by atoms with Crippen molar-refractivity contribution in [2.45, 2.75) is 26.4 Å². The van der Waals surface area contributed by atoms with Crippen molar-refractivity contribution in [1.29, 1.82) is 0 Å².